The van der Waals surface area contributed by atoms with Crippen molar-refractivity contribution in [3.63, 3.8) is 0 Å². The summed E-state index contributed by atoms with van der Waals surface area (Å²) in [5.74, 6) is 0.830. The Morgan fingerprint density at radius 2 is 1.95 bits per heavy atom. The molecule has 2 N–H and O–H groups in total. The Hall–Kier alpha value is -2.69. The van der Waals surface area contributed by atoms with Crippen LogP contribution in [0.2, 0.25) is 0 Å². The van der Waals surface area contributed by atoms with Gasteiger partial charge < -0.3 is 19.9 Å². The van der Waals surface area contributed by atoms with Crippen LogP contribution in [0.4, 0.5) is 5.69 Å². The molecule has 0 radical (unpaired) electrons. The Morgan fingerprint density at radius 3 is 2.80 bits per heavy atom. The number of amides is 1. The van der Waals surface area contributed by atoms with Crippen molar-refractivity contribution in [2.75, 3.05) is 12.1 Å². The average molecular weight is 271 g/mol. The minimum atomic E-state index is -0.370. The zero-order valence-electron chi connectivity index (χ0n) is 10.8. The van der Waals surface area contributed by atoms with Crippen LogP contribution in [0.3, 0.4) is 0 Å². The number of carbonyl (C=O) groups is 1. The van der Waals surface area contributed by atoms with Crippen LogP contribution in [-0.4, -0.2) is 17.8 Å². The summed E-state index contributed by atoms with van der Waals surface area (Å²) in [7, 11) is 0. The Balaban J connectivity index is 1.84. The number of fused-ring (bicyclic) bond motifs is 1. The van der Waals surface area contributed by atoms with E-state index in [1.54, 1.807) is 30.3 Å². The van der Waals surface area contributed by atoms with Crippen LogP contribution in [0.15, 0.2) is 36.4 Å². The fourth-order valence-corrected chi connectivity index (χ4v) is 2.00. The predicted octanol–water partition coefficient (Wildman–Crippen LogP) is 2.68. The number of hydrogen-bond acceptors (Lipinski definition) is 4. The Labute approximate surface area is 115 Å². The van der Waals surface area contributed by atoms with E-state index in [1.165, 1.54) is 6.07 Å². The first-order chi connectivity index (χ1) is 9.63. The lowest BCUT2D eigenvalue weighted by molar-refractivity contribution is 0.102. The van der Waals surface area contributed by atoms with E-state index in [0.717, 1.165) is 5.56 Å². The third kappa shape index (κ3) is 2.25. The SMILES string of the molecule is Cc1ccc(O)c(C(=O)Nc2ccc3c(c2)OCO3)c1. The highest BCUT2D eigenvalue weighted by Crippen LogP contribution is 2.34. The van der Waals surface area contributed by atoms with Gasteiger partial charge in [0.25, 0.3) is 5.91 Å². The quantitative estimate of drug-likeness (QED) is 0.881. The van der Waals surface area contributed by atoms with Crippen LogP contribution in [0.1, 0.15) is 15.9 Å². The third-order valence-electron chi connectivity index (χ3n) is 3.03. The van der Waals surface area contributed by atoms with E-state index >= 15 is 0 Å². The van der Waals surface area contributed by atoms with Gasteiger partial charge in [-0.25, -0.2) is 0 Å². The number of aromatic hydroxyl groups is 1. The predicted molar refractivity (Wildman–Crippen MR) is 73.4 cm³/mol. The second kappa shape index (κ2) is 4.77. The van der Waals surface area contributed by atoms with E-state index in [2.05, 4.69) is 5.32 Å². The number of ether oxygens (including phenoxy) is 2. The molecule has 1 aliphatic heterocycles. The standard InChI is InChI=1S/C15H13NO4/c1-9-2-4-12(17)11(6-9)15(18)16-10-3-5-13-14(7-10)20-8-19-13/h2-7,17H,8H2,1H3,(H,16,18). The number of nitrogens with one attached hydrogen (secondary N) is 1. The van der Waals surface area contributed by atoms with Crippen molar-refractivity contribution in [1.29, 1.82) is 0 Å². The molecule has 0 aliphatic carbocycles. The highest BCUT2D eigenvalue weighted by atomic mass is 16.7. The maximum Gasteiger partial charge on any atom is 0.259 e. The topological polar surface area (TPSA) is 67.8 Å². The number of benzene rings is 2. The highest BCUT2D eigenvalue weighted by molar-refractivity contribution is 6.06. The van der Waals surface area contributed by atoms with Crippen LogP contribution in [0.5, 0.6) is 17.2 Å². The average Bonchev–Trinajstić information content (AvgIpc) is 2.89. The van der Waals surface area contributed by atoms with Crippen molar-refractivity contribution in [2.24, 2.45) is 0 Å². The van der Waals surface area contributed by atoms with Gasteiger partial charge in [0.2, 0.25) is 6.79 Å². The summed E-state index contributed by atoms with van der Waals surface area (Å²) >= 11 is 0. The molecule has 5 nitrogen and oxygen atoms in total. The van der Waals surface area contributed by atoms with E-state index in [-0.39, 0.29) is 24.0 Å². The lowest BCUT2D eigenvalue weighted by Crippen LogP contribution is -2.12. The molecule has 0 fully saturated rings. The normalized spacial score (nSPS) is 12.2. The first kappa shape index (κ1) is 12.3. The lowest BCUT2D eigenvalue weighted by atomic mass is 10.1. The molecule has 2 aromatic rings. The van der Waals surface area contributed by atoms with Gasteiger partial charge in [-0.3, -0.25) is 4.79 Å². The van der Waals surface area contributed by atoms with Crippen LogP contribution < -0.4 is 14.8 Å². The van der Waals surface area contributed by atoms with Gasteiger partial charge >= 0.3 is 0 Å². The number of phenolic OH excluding ortho intramolecular Hbond substituents is 1. The van der Waals surface area contributed by atoms with Gasteiger partial charge in [0.15, 0.2) is 11.5 Å². The fraction of sp³-hybridized carbons (Fsp3) is 0.133. The van der Waals surface area contributed by atoms with Gasteiger partial charge in [-0.1, -0.05) is 11.6 Å². The number of rotatable bonds is 2. The van der Waals surface area contributed by atoms with E-state index in [4.69, 9.17) is 9.47 Å². The summed E-state index contributed by atoms with van der Waals surface area (Å²) in [6, 6.07) is 10.0. The monoisotopic (exact) mass is 271 g/mol. The molecule has 2 aromatic carbocycles. The molecule has 20 heavy (non-hydrogen) atoms. The Bertz CT molecular complexity index is 682. The van der Waals surface area contributed by atoms with Crippen molar-refractivity contribution in [1.82, 2.24) is 0 Å². The van der Waals surface area contributed by atoms with Crippen molar-refractivity contribution in [2.45, 2.75) is 6.92 Å². The summed E-state index contributed by atoms with van der Waals surface area (Å²) in [4.78, 5) is 12.1. The van der Waals surface area contributed by atoms with Crippen molar-refractivity contribution in [3.8, 4) is 17.2 Å². The molecule has 0 bridgehead atoms. The van der Waals surface area contributed by atoms with Crippen LogP contribution in [-0.2, 0) is 0 Å². The van der Waals surface area contributed by atoms with Crippen LogP contribution in [0.25, 0.3) is 0 Å². The molecular formula is C15H13NO4. The number of anilines is 1. The second-order valence-electron chi connectivity index (χ2n) is 4.54. The molecule has 0 saturated carbocycles. The molecule has 3 rings (SSSR count). The first-order valence-electron chi connectivity index (χ1n) is 6.14. The largest absolute Gasteiger partial charge is 0.507 e. The van der Waals surface area contributed by atoms with E-state index < -0.39 is 0 Å². The van der Waals surface area contributed by atoms with Crippen molar-refractivity contribution in [3.05, 3.63) is 47.5 Å². The molecule has 1 amide bonds. The van der Waals surface area contributed by atoms with Crippen LogP contribution >= 0.6 is 0 Å². The van der Waals surface area contributed by atoms with Gasteiger partial charge in [0.1, 0.15) is 5.75 Å². The summed E-state index contributed by atoms with van der Waals surface area (Å²) in [5.41, 5.74) is 1.72. The summed E-state index contributed by atoms with van der Waals surface area (Å²) in [6.45, 7) is 2.04. The van der Waals surface area contributed by atoms with Crippen molar-refractivity contribution < 1.29 is 19.4 Å². The van der Waals surface area contributed by atoms with Gasteiger partial charge in [-0.05, 0) is 31.2 Å². The molecule has 0 saturated heterocycles. The molecule has 5 heteroatoms. The van der Waals surface area contributed by atoms with E-state index in [0.29, 0.717) is 17.2 Å². The van der Waals surface area contributed by atoms with Gasteiger partial charge in [-0.2, -0.15) is 0 Å². The zero-order valence-corrected chi connectivity index (χ0v) is 10.8. The molecule has 0 aromatic heterocycles. The summed E-state index contributed by atoms with van der Waals surface area (Å²) in [6.07, 6.45) is 0. The summed E-state index contributed by atoms with van der Waals surface area (Å²) < 4.78 is 10.4. The zero-order chi connectivity index (χ0) is 14.1. The van der Waals surface area contributed by atoms with E-state index in [9.17, 15) is 9.90 Å². The van der Waals surface area contributed by atoms with Crippen molar-refractivity contribution >= 4 is 11.6 Å². The first-order valence-corrected chi connectivity index (χ1v) is 6.14. The number of aryl methyl sites for hydroxylation is 1. The minimum absolute atomic E-state index is 0.0474. The Morgan fingerprint density at radius 1 is 1.15 bits per heavy atom. The fourth-order valence-electron chi connectivity index (χ4n) is 2.00. The molecular weight excluding hydrogens is 258 g/mol. The van der Waals surface area contributed by atoms with Gasteiger partial charge in [0, 0.05) is 11.8 Å². The number of hydrogen-bond donors (Lipinski definition) is 2. The number of carbonyl (C=O) groups excluding carboxylic acids is 1. The molecule has 1 heterocycles. The number of phenols is 1. The van der Waals surface area contributed by atoms with Gasteiger partial charge in [0.05, 0.1) is 5.56 Å². The molecule has 0 unspecified atom stereocenters. The maximum absolute atomic E-state index is 12.1. The highest BCUT2D eigenvalue weighted by Gasteiger charge is 2.16. The van der Waals surface area contributed by atoms with E-state index in [1.807, 2.05) is 6.92 Å². The molecule has 102 valence electrons. The van der Waals surface area contributed by atoms with Crippen LogP contribution in [0, 0.1) is 6.92 Å². The Kier molecular flexibility index (Phi) is 2.95. The molecule has 0 spiro atoms. The van der Waals surface area contributed by atoms with Gasteiger partial charge in [-0.15, -0.1) is 0 Å². The second-order valence-corrected chi connectivity index (χ2v) is 4.54. The molecule has 0 atom stereocenters. The smallest absolute Gasteiger partial charge is 0.259 e. The minimum Gasteiger partial charge on any atom is -0.507 e. The summed E-state index contributed by atoms with van der Waals surface area (Å²) in [5, 5.41) is 12.5. The molecule has 1 aliphatic rings. The maximum atomic E-state index is 12.1. The lowest BCUT2D eigenvalue weighted by Gasteiger charge is -2.08. The third-order valence-corrected chi connectivity index (χ3v) is 3.03.